The van der Waals surface area contributed by atoms with Crippen LogP contribution in [0.1, 0.15) is 189 Å². The maximum Gasteiger partial charge on any atom is 0.336 e. The maximum absolute atomic E-state index is 12.9. The molecule has 0 aliphatic heterocycles. The highest BCUT2D eigenvalue weighted by molar-refractivity contribution is 6.07. The van der Waals surface area contributed by atoms with E-state index in [0.717, 1.165) is 48.7 Å². The lowest BCUT2D eigenvalue weighted by Gasteiger charge is -2.07. The summed E-state index contributed by atoms with van der Waals surface area (Å²) in [6.45, 7) is 5.98. The number of carbonyl (C=O) groups excluding carboxylic acids is 2. The molecule has 0 bridgehead atoms. The minimum atomic E-state index is -0.512. The number of rotatable bonds is 34. The number of hydrogen-bond acceptors (Lipinski definition) is 5. The van der Waals surface area contributed by atoms with Gasteiger partial charge in [-0.2, -0.15) is 0 Å². The van der Waals surface area contributed by atoms with Crippen molar-refractivity contribution in [2.45, 2.75) is 168 Å². The van der Waals surface area contributed by atoms with E-state index < -0.39 is 5.97 Å². The molecule has 0 N–H and O–H groups in total. The van der Waals surface area contributed by atoms with Gasteiger partial charge in [0.05, 0.1) is 13.2 Å². The number of unbranched alkanes of at least 4 members (excludes halogenated alkanes) is 22. The molecule has 5 nitrogen and oxygen atoms in total. The van der Waals surface area contributed by atoms with Crippen LogP contribution < -0.4 is 14.2 Å². The Labute approximate surface area is 346 Å². The molecule has 3 rings (SSSR count). The minimum Gasteiger partial charge on any atom is -0.494 e. The van der Waals surface area contributed by atoms with E-state index in [2.05, 4.69) is 13.8 Å². The van der Waals surface area contributed by atoms with Crippen molar-refractivity contribution in [2.75, 3.05) is 13.2 Å². The first-order valence-electron chi connectivity index (χ1n) is 22.8. The Hall–Kier alpha value is -4.12. The number of benzene rings is 3. The quantitative estimate of drug-likeness (QED) is 0.0199. The van der Waals surface area contributed by atoms with E-state index in [0.29, 0.717) is 11.3 Å². The summed E-state index contributed by atoms with van der Waals surface area (Å²) in [7, 11) is 0. The summed E-state index contributed by atoms with van der Waals surface area (Å²) in [6, 6.07) is 22.2. The molecular formula is C52H74O5. The molecule has 0 atom stereocenters. The fraction of sp³-hybridized carbons (Fsp3) is 0.538. The Bertz CT molecular complexity index is 1520. The van der Waals surface area contributed by atoms with Crippen molar-refractivity contribution < 1.29 is 23.8 Å². The van der Waals surface area contributed by atoms with Gasteiger partial charge in [-0.1, -0.05) is 198 Å². The van der Waals surface area contributed by atoms with Crippen molar-refractivity contribution >= 4 is 23.9 Å². The first kappa shape index (κ1) is 47.3. The molecule has 0 unspecified atom stereocenters. The molecule has 0 radical (unpaired) electrons. The number of esters is 1. The van der Waals surface area contributed by atoms with Crippen LogP contribution in [0.2, 0.25) is 0 Å². The second kappa shape index (κ2) is 31.9. The summed E-state index contributed by atoms with van der Waals surface area (Å²) < 4.78 is 17.3. The van der Waals surface area contributed by atoms with E-state index in [-0.39, 0.29) is 5.78 Å². The van der Waals surface area contributed by atoms with Crippen molar-refractivity contribution in [1.82, 2.24) is 0 Å². The molecule has 0 aromatic heterocycles. The van der Waals surface area contributed by atoms with Gasteiger partial charge in [0.1, 0.15) is 17.2 Å². The molecule has 3 aromatic rings. The normalized spacial score (nSPS) is 11.4. The molecule has 5 heteroatoms. The number of ether oxygens (including phenoxy) is 3. The van der Waals surface area contributed by atoms with Gasteiger partial charge in [-0.15, -0.1) is 0 Å². The Morgan fingerprint density at radius 1 is 0.439 bits per heavy atom. The summed E-state index contributed by atoms with van der Waals surface area (Å²) in [6.07, 6.45) is 38.3. The van der Waals surface area contributed by atoms with Gasteiger partial charge in [-0.3, -0.25) is 4.79 Å². The lowest BCUT2D eigenvalue weighted by molar-refractivity contribution is -0.128. The highest BCUT2D eigenvalue weighted by atomic mass is 16.5. The Morgan fingerprint density at radius 2 is 0.825 bits per heavy atom. The average Bonchev–Trinajstić information content (AvgIpc) is 3.23. The molecule has 312 valence electrons. The molecule has 0 spiro atoms. The van der Waals surface area contributed by atoms with Gasteiger partial charge < -0.3 is 14.2 Å². The molecule has 57 heavy (non-hydrogen) atoms. The summed E-state index contributed by atoms with van der Waals surface area (Å²) in [5.74, 6) is 1.31. The highest BCUT2D eigenvalue weighted by Crippen LogP contribution is 2.19. The minimum absolute atomic E-state index is 0.169. The largest absolute Gasteiger partial charge is 0.494 e. The zero-order valence-electron chi connectivity index (χ0n) is 35.7. The van der Waals surface area contributed by atoms with E-state index in [1.165, 1.54) is 153 Å². The van der Waals surface area contributed by atoms with Crippen molar-refractivity contribution in [2.24, 2.45) is 0 Å². The van der Waals surface area contributed by atoms with Gasteiger partial charge >= 0.3 is 5.97 Å². The lowest BCUT2D eigenvalue weighted by Crippen LogP contribution is -2.04. The van der Waals surface area contributed by atoms with Crippen molar-refractivity contribution in [3.63, 3.8) is 0 Å². The molecule has 0 saturated heterocycles. The Kier molecular flexibility index (Phi) is 26.5. The van der Waals surface area contributed by atoms with E-state index in [1.807, 2.05) is 48.5 Å². The third kappa shape index (κ3) is 23.6. The van der Waals surface area contributed by atoms with Crippen molar-refractivity contribution in [3.8, 4) is 17.2 Å². The van der Waals surface area contributed by atoms with Gasteiger partial charge in [0.25, 0.3) is 0 Å². The lowest BCUT2D eigenvalue weighted by atomic mass is 10.0. The third-order valence-corrected chi connectivity index (χ3v) is 10.5. The summed E-state index contributed by atoms with van der Waals surface area (Å²) >= 11 is 0. The topological polar surface area (TPSA) is 61.8 Å². The standard InChI is InChI=1S/C52H74O5/c1-3-5-7-9-11-13-14-15-16-17-18-19-20-22-24-26-43-55-48-36-30-45(31-37-48)34-40-51(53)47-28-27-29-50(44-47)57-52(54)41-35-46-32-38-49(39-33-46)56-42-25-23-21-12-10-8-6-4-2/h27-41,44H,3-26,42-43H2,1-2H3/b40-34+,41-35+. The number of hydrogen-bond donors (Lipinski definition) is 0. The van der Waals surface area contributed by atoms with E-state index in [4.69, 9.17) is 14.2 Å². The Morgan fingerprint density at radius 3 is 1.25 bits per heavy atom. The van der Waals surface area contributed by atoms with E-state index in [9.17, 15) is 9.59 Å². The van der Waals surface area contributed by atoms with Crippen LogP contribution in [0.5, 0.6) is 17.2 Å². The van der Waals surface area contributed by atoms with Crippen LogP contribution in [0.15, 0.2) is 84.9 Å². The van der Waals surface area contributed by atoms with Crippen molar-refractivity contribution in [1.29, 1.82) is 0 Å². The summed E-state index contributed by atoms with van der Waals surface area (Å²) in [4.78, 5) is 25.5. The van der Waals surface area contributed by atoms with E-state index in [1.54, 1.807) is 36.4 Å². The average molecular weight is 779 g/mol. The highest BCUT2D eigenvalue weighted by Gasteiger charge is 2.07. The van der Waals surface area contributed by atoms with E-state index >= 15 is 0 Å². The predicted octanol–water partition coefficient (Wildman–Crippen LogP) is 15.4. The van der Waals surface area contributed by atoms with Crippen molar-refractivity contribution in [3.05, 3.63) is 102 Å². The van der Waals surface area contributed by atoms with Gasteiger partial charge in [-0.05, 0) is 72.5 Å². The summed E-state index contributed by atoms with van der Waals surface area (Å²) in [5, 5.41) is 0. The fourth-order valence-electron chi connectivity index (χ4n) is 6.91. The molecule has 0 saturated carbocycles. The number of ketones is 1. The van der Waals surface area contributed by atoms with Gasteiger partial charge in [0, 0.05) is 11.6 Å². The van der Waals surface area contributed by atoms with Crippen LogP contribution >= 0.6 is 0 Å². The zero-order chi connectivity index (χ0) is 40.4. The number of allylic oxidation sites excluding steroid dienone is 1. The molecule has 0 amide bonds. The molecule has 0 aliphatic rings. The second-order valence-electron chi connectivity index (χ2n) is 15.6. The second-order valence-corrected chi connectivity index (χ2v) is 15.6. The fourth-order valence-corrected chi connectivity index (χ4v) is 6.91. The van der Waals surface area contributed by atoms with Crippen LogP contribution in [0.3, 0.4) is 0 Å². The summed E-state index contributed by atoms with van der Waals surface area (Å²) in [5.41, 5.74) is 2.23. The zero-order valence-corrected chi connectivity index (χ0v) is 35.7. The predicted molar refractivity (Wildman–Crippen MR) is 241 cm³/mol. The molecule has 3 aromatic carbocycles. The van der Waals surface area contributed by atoms with Crippen LogP contribution in [-0.4, -0.2) is 25.0 Å². The SMILES string of the molecule is CCCCCCCCCCCCCCCCCCOc1ccc(/C=C/C(=O)c2cccc(OC(=O)/C=C/c3ccc(OCCCCCCCCCC)cc3)c2)cc1. The number of carbonyl (C=O) groups is 2. The monoisotopic (exact) mass is 779 g/mol. The maximum atomic E-state index is 12.9. The molecule has 0 heterocycles. The Balaban J connectivity index is 1.25. The van der Waals surface area contributed by atoms with Crippen LogP contribution in [0.25, 0.3) is 12.2 Å². The van der Waals surface area contributed by atoms with Crippen LogP contribution in [-0.2, 0) is 4.79 Å². The van der Waals surface area contributed by atoms with Crippen LogP contribution in [0, 0.1) is 0 Å². The first-order valence-corrected chi connectivity index (χ1v) is 22.8. The van der Waals surface area contributed by atoms with Gasteiger partial charge in [-0.25, -0.2) is 4.79 Å². The molecule has 0 aliphatic carbocycles. The molecule has 0 fully saturated rings. The van der Waals surface area contributed by atoms with Gasteiger partial charge in [0.15, 0.2) is 5.78 Å². The third-order valence-electron chi connectivity index (χ3n) is 10.5. The molecular weight excluding hydrogens is 705 g/mol. The first-order chi connectivity index (χ1) is 28.1. The van der Waals surface area contributed by atoms with Crippen LogP contribution in [0.4, 0.5) is 0 Å². The van der Waals surface area contributed by atoms with Gasteiger partial charge in [0.2, 0.25) is 0 Å². The smallest absolute Gasteiger partial charge is 0.336 e.